The minimum absolute atomic E-state index is 0.148. The number of rotatable bonds is 7. The van der Waals surface area contributed by atoms with E-state index in [2.05, 4.69) is 15.2 Å². The van der Waals surface area contributed by atoms with Crippen molar-refractivity contribution in [1.29, 1.82) is 0 Å². The zero-order valence-electron chi connectivity index (χ0n) is 18.7. The minimum Gasteiger partial charge on any atom is -0.508 e. The number of hydrogen-bond donors (Lipinski definition) is 2. The molecule has 1 aliphatic rings. The fourth-order valence-electron chi connectivity index (χ4n) is 4.01. The van der Waals surface area contributed by atoms with E-state index in [9.17, 15) is 9.90 Å². The number of morpholine rings is 1. The van der Waals surface area contributed by atoms with Crippen LogP contribution in [0.25, 0.3) is 22.3 Å². The maximum absolute atomic E-state index is 12.7. The first-order valence-electron chi connectivity index (χ1n) is 11.4. The number of carbonyl (C=O) groups excluding carboxylic acids is 1. The van der Waals surface area contributed by atoms with Crippen LogP contribution in [0.1, 0.15) is 16.8 Å². The number of phenolic OH excluding ortho intramolecular Hbond substituents is 1. The zero-order chi connectivity index (χ0) is 23.3. The Kier molecular flexibility index (Phi) is 6.35. The standard InChI is InChI=1S/C25H26N6O3/c32-20-4-1-3-18(15-20)23-24(31-11-13-34-14-12-31)29-21-6-5-19(16-22(21)28-23)25(33)27-7-2-9-30-10-8-26-17-30/h1,3-6,8,10,15-17,32H,2,7,9,11-14H2,(H,27,33). The Labute approximate surface area is 197 Å². The number of benzene rings is 2. The Balaban J connectivity index is 1.41. The fraction of sp³-hybridized carbons (Fsp3) is 0.280. The van der Waals surface area contributed by atoms with E-state index in [0.717, 1.165) is 24.3 Å². The molecule has 3 heterocycles. The highest BCUT2D eigenvalue weighted by Crippen LogP contribution is 2.32. The minimum atomic E-state index is -0.148. The number of aromatic hydroxyl groups is 1. The number of hydrogen-bond acceptors (Lipinski definition) is 7. The highest BCUT2D eigenvalue weighted by atomic mass is 16.5. The third-order valence-electron chi connectivity index (χ3n) is 5.78. The normalized spacial score (nSPS) is 13.8. The van der Waals surface area contributed by atoms with Gasteiger partial charge in [-0.2, -0.15) is 0 Å². The Morgan fingerprint density at radius 3 is 2.76 bits per heavy atom. The molecule has 1 amide bonds. The van der Waals surface area contributed by atoms with E-state index in [1.807, 2.05) is 22.9 Å². The van der Waals surface area contributed by atoms with Gasteiger partial charge in [-0.1, -0.05) is 12.1 Å². The number of phenols is 1. The highest BCUT2D eigenvalue weighted by molar-refractivity contribution is 5.98. The SMILES string of the molecule is O=C(NCCCn1ccnc1)c1ccc2nc(N3CCOCC3)c(-c3cccc(O)c3)nc2c1. The molecular formula is C25H26N6O3. The molecule has 9 heteroatoms. The van der Waals surface area contributed by atoms with Crippen LogP contribution in [0.5, 0.6) is 5.75 Å². The van der Waals surface area contributed by atoms with E-state index >= 15 is 0 Å². The van der Waals surface area contributed by atoms with Crippen molar-refractivity contribution in [2.45, 2.75) is 13.0 Å². The molecular weight excluding hydrogens is 432 g/mol. The van der Waals surface area contributed by atoms with E-state index < -0.39 is 0 Å². The summed E-state index contributed by atoms with van der Waals surface area (Å²) < 4.78 is 7.48. The number of anilines is 1. The molecule has 1 aliphatic heterocycles. The second-order valence-electron chi connectivity index (χ2n) is 8.16. The smallest absolute Gasteiger partial charge is 0.251 e. The first kappa shape index (κ1) is 21.8. The quantitative estimate of drug-likeness (QED) is 0.410. The molecule has 0 spiro atoms. The Morgan fingerprint density at radius 1 is 1.09 bits per heavy atom. The predicted molar refractivity (Wildman–Crippen MR) is 129 cm³/mol. The van der Waals surface area contributed by atoms with Gasteiger partial charge in [0.1, 0.15) is 11.4 Å². The van der Waals surface area contributed by atoms with Crippen LogP contribution in [0.2, 0.25) is 0 Å². The monoisotopic (exact) mass is 458 g/mol. The molecule has 174 valence electrons. The lowest BCUT2D eigenvalue weighted by molar-refractivity contribution is 0.0953. The number of ether oxygens (including phenoxy) is 1. The molecule has 0 aliphatic carbocycles. The lowest BCUT2D eigenvalue weighted by Gasteiger charge is -2.29. The summed E-state index contributed by atoms with van der Waals surface area (Å²) in [6, 6.07) is 12.4. The second kappa shape index (κ2) is 9.88. The highest BCUT2D eigenvalue weighted by Gasteiger charge is 2.20. The van der Waals surface area contributed by atoms with Gasteiger partial charge in [-0.25, -0.2) is 15.0 Å². The van der Waals surface area contributed by atoms with E-state index in [0.29, 0.717) is 55.1 Å². The summed E-state index contributed by atoms with van der Waals surface area (Å²) in [6.45, 7) is 4.03. The number of aryl methyl sites for hydroxylation is 1. The van der Waals surface area contributed by atoms with Gasteiger partial charge < -0.3 is 24.6 Å². The molecule has 1 saturated heterocycles. The summed E-state index contributed by atoms with van der Waals surface area (Å²) in [5.41, 5.74) is 3.31. The van der Waals surface area contributed by atoms with Gasteiger partial charge in [-0.3, -0.25) is 4.79 Å². The van der Waals surface area contributed by atoms with Crippen molar-refractivity contribution in [2.24, 2.45) is 0 Å². The maximum atomic E-state index is 12.7. The van der Waals surface area contributed by atoms with Gasteiger partial charge in [0.15, 0.2) is 5.82 Å². The van der Waals surface area contributed by atoms with Crippen LogP contribution in [0.4, 0.5) is 5.82 Å². The average molecular weight is 459 g/mol. The summed E-state index contributed by atoms with van der Waals surface area (Å²) in [7, 11) is 0. The van der Waals surface area contributed by atoms with Crippen molar-refractivity contribution in [3.63, 3.8) is 0 Å². The van der Waals surface area contributed by atoms with Gasteiger partial charge in [-0.05, 0) is 36.8 Å². The van der Waals surface area contributed by atoms with E-state index in [4.69, 9.17) is 14.7 Å². The molecule has 0 saturated carbocycles. The number of nitrogens with one attached hydrogen (secondary N) is 1. The number of imidazole rings is 1. The van der Waals surface area contributed by atoms with Crippen LogP contribution in [0.15, 0.2) is 61.2 Å². The van der Waals surface area contributed by atoms with E-state index in [1.54, 1.807) is 42.9 Å². The molecule has 0 unspecified atom stereocenters. The van der Waals surface area contributed by atoms with Crippen molar-refractivity contribution in [2.75, 3.05) is 37.7 Å². The first-order chi connectivity index (χ1) is 16.7. The van der Waals surface area contributed by atoms with Crippen molar-refractivity contribution >= 4 is 22.8 Å². The summed E-state index contributed by atoms with van der Waals surface area (Å²) in [5.74, 6) is 0.764. The number of nitrogens with zero attached hydrogens (tertiary/aromatic N) is 5. The summed E-state index contributed by atoms with van der Waals surface area (Å²) in [5, 5.41) is 13.0. The summed E-state index contributed by atoms with van der Waals surface area (Å²) >= 11 is 0. The van der Waals surface area contributed by atoms with Crippen molar-refractivity contribution in [3.8, 4) is 17.0 Å². The molecule has 2 aromatic heterocycles. The Bertz CT molecular complexity index is 1290. The molecule has 1 fully saturated rings. The Hall–Kier alpha value is -3.98. The molecule has 5 rings (SSSR count). The van der Waals surface area contributed by atoms with Crippen LogP contribution in [-0.2, 0) is 11.3 Å². The van der Waals surface area contributed by atoms with Gasteiger partial charge in [0.05, 0.1) is 30.6 Å². The zero-order valence-corrected chi connectivity index (χ0v) is 18.7. The van der Waals surface area contributed by atoms with Gasteiger partial charge in [-0.15, -0.1) is 0 Å². The summed E-state index contributed by atoms with van der Waals surface area (Å²) in [4.78, 5) is 28.7. The lowest BCUT2D eigenvalue weighted by Crippen LogP contribution is -2.37. The molecule has 0 atom stereocenters. The predicted octanol–water partition coefficient (Wildman–Crippen LogP) is 2.86. The lowest BCUT2D eigenvalue weighted by atomic mass is 10.1. The van der Waals surface area contributed by atoms with E-state index in [1.165, 1.54) is 0 Å². The number of amides is 1. The third kappa shape index (κ3) is 4.84. The Morgan fingerprint density at radius 2 is 1.97 bits per heavy atom. The van der Waals surface area contributed by atoms with Gasteiger partial charge in [0, 0.05) is 49.7 Å². The largest absolute Gasteiger partial charge is 0.508 e. The van der Waals surface area contributed by atoms with Crippen LogP contribution < -0.4 is 10.2 Å². The molecule has 9 nitrogen and oxygen atoms in total. The van der Waals surface area contributed by atoms with Crippen molar-refractivity contribution in [1.82, 2.24) is 24.8 Å². The van der Waals surface area contributed by atoms with Crippen molar-refractivity contribution in [3.05, 3.63) is 66.7 Å². The van der Waals surface area contributed by atoms with Crippen molar-refractivity contribution < 1.29 is 14.6 Å². The number of fused-ring (bicyclic) bond motifs is 1. The average Bonchev–Trinajstić information content (AvgIpc) is 3.39. The van der Waals surface area contributed by atoms with Gasteiger partial charge >= 0.3 is 0 Å². The molecule has 2 aromatic carbocycles. The number of aromatic nitrogens is 4. The molecule has 0 radical (unpaired) electrons. The van der Waals surface area contributed by atoms with Crippen LogP contribution in [0, 0.1) is 0 Å². The molecule has 2 N–H and O–H groups in total. The topological polar surface area (TPSA) is 105 Å². The molecule has 34 heavy (non-hydrogen) atoms. The third-order valence-corrected chi connectivity index (χ3v) is 5.78. The van der Waals surface area contributed by atoms with E-state index in [-0.39, 0.29) is 11.7 Å². The number of carbonyl (C=O) groups is 1. The summed E-state index contributed by atoms with van der Waals surface area (Å²) in [6.07, 6.45) is 6.21. The van der Waals surface area contributed by atoms with Crippen LogP contribution in [-0.4, -0.2) is 63.4 Å². The fourth-order valence-corrected chi connectivity index (χ4v) is 4.01. The first-order valence-corrected chi connectivity index (χ1v) is 11.4. The molecule has 4 aromatic rings. The van der Waals surface area contributed by atoms with Crippen LogP contribution in [0.3, 0.4) is 0 Å². The second-order valence-corrected chi connectivity index (χ2v) is 8.16. The van der Waals surface area contributed by atoms with Gasteiger partial charge in [0.25, 0.3) is 5.91 Å². The van der Waals surface area contributed by atoms with Gasteiger partial charge in [0.2, 0.25) is 0 Å². The molecule has 0 bridgehead atoms. The maximum Gasteiger partial charge on any atom is 0.251 e. The van der Waals surface area contributed by atoms with Crippen LogP contribution >= 0.6 is 0 Å².